The van der Waals surface area contributed by atoms with Gasteiger partial charge in [0.2, 0.25) is 0 Å². The van der Waals surface area contributed by atoms with Crippen LogP contribution >= 0.6 is 0 Å². The van der Waals surface area contributed by atoms with E-state index in [2.05, 4.69) is 110 Å². The summed E-state index contributed by atoms with van der Waals surface area (Å²) >= 11 is 0. The maximum atomic E-state index is 11.5. The van der Waals surface area contributed by atoms with Crippen molar-refractivity contribution < 1.29 is 26.2 Å². The number of hydrogen-bond donors (Lipinski definition) is 1. The number of rotatable bonds is 6. The topological polar surface area (TPSA) is 49.2 Å². The van der Waals surface area contributed by atoms with E-state index in [9.17, 15) is 5.11 Å². The summed E-state index contributed by atoms with van der Waals surface area (Å²) in [4.78, 5) is 12.5. The van der Waals surface area contributed by atoms with E-state index in [1.165, 1.54) is 11.1 Å². The third-order valence-electron chi connectivity index (χ3n) is 9.19. The van der Waals surface area contributed by atoms with Crippen molar-refractivity contribution in [2.75, 3.05) is 4.90 Å². The Morgan fingerprint density at radius 3 is 1.88 bits per heavy atom. The Bertz CT molecular complexity index is 2120. The molecule has 0 fully saturated rings. The van der Waals surface area contributed by atoms with Crippen LogP contribution in [0.25, 0.3) is 33.6 Å². The van der Waals surface area contributed by atoms with Gasteiger partial charge in [-0.05, 0) is 68.5 Å². The van der Waals surface area contributed by atoms with Crippen molar-refractivity contribution in [3.63, 3.8) is 0 Å². The van der Waals surface area contributed by atoms with Gasteiger partial charge in [-0.3, -0.25) is 4.98 Å². The van der Waals surface area contributed by atoms with Crippen LogP contribution in [0.15, 0.2) is 121 Å². The predicted molar refractivity (Wildman–Crippen MR) is 210 cm³/mol. The third kappa shape index (κ3) is 8.18. The smallest absolute Gasteiger partial charge is 0.136 e. The molecular formula is C46H48N3OPt-. The number of phenolic OH excluding ortho intramolecular Hbond substituents is 1. The average Bonchev–Trinajstić information content (AvgIpc) is 3.08. The summed E-state index contributed by atoms with van der Waals surface area (Å²) in [7, 11) is 0. The van der Waals surface area contributed by atoms with Crippen LogP contribution in [0.4, 0.5) is 17.2 Å². The maximum absolute atomic E-state index is 11.5. The number of phenols is 1. The molecule has 0 unspecified atom stereocenters. The normalized spacial score (nSPS) is 11.9. The minimum absolute atomic E-state index is 0. The number of para-hydroxylation sites is 1. The van der Waals surface area contributed by atoms with Gasteiger partial charge in [0.05, 0.1) is 17.1 Å². The molecule has 5 heteroatoms. The Morgan fingerprint density at radius 1 is 0.608 bits per heavy atom. The summed E-state index contributed by atoms with van der Waals surface area (Å²) in [5.41, 5.74) is 10.2. The number of aromatic nitrogens is 2. The van der Waals surface area contributed by atoms with Crippen LogP contribution in [0, 0.1) is 6.07 Å². The number of hydrogen-bond acceptors (Lipinski definition) is 4. The standard InChI is InChI=1S/C46H48N3O.Pt/c1-44(2,3)33-24-26-35(27-25-33)49(36-19-13-18-32(28-36)38-21-14-20-37(43(38)50)31-16-11-10-12-17-31)41-23-15-22-40(48-41)42-39(46(7,8)9)29-34(30-47-42)45(4,5)6;/h10-27,29-30,50H,1-9H3;/q-1;. The van der Waals surface area contributed by atoms with E-state index >= 15 is 0 Å². The van der Waals surface area contributed by atoms with Crippen molar-refractivity contribution in [3.05, 3.63) is 144 Å². The molecule has 4 aromatic carbocycles. The van der Waals surface area contributed by atoms with E-state index in [-0.39, 0.29) is 43.1 Å². The third-order valence-corrected chi connectivity index (χ3v) is 9.19. The van der Waals surface area contributed by atoms with Crippen molar-refractivity contribution in [2.45, 2.75) is 78.6 Å². The van der Waals surface area contributed by atoms with Gasteiger partial charge in [-0.1, -0.05) is 141 Å². The fourth-order valence-electron chi connectivity index (χ4n) is 6.19. The number of nitrogens with zero attached hydrogens (tertiary/aromatic N) is 3. The minimum Gasteiger partial charge on any atom is -0.516 e. The number of pyridine rings is 2. The molecule has 6 aromatic rings. The van der Waals surface area contributed by atoms with E-state index in [4.69, 9.17) is 9.97 Å². The molecular weight excluding hydrogens is 806 g/mol. The Labute approximate surface area is 318 Å². The first kappa shape index (κ1) is 37.7. The minimum atomic E-state index is -0.137. The molecule has 1 N–H and O–H groups in total. The monoisotopic (exact) mass is 853 g/mol. The molecule has 264 valence electrons. The molecule has 51 heavy (non-hydrogen) atoms. The zero-order chi connectivity index (χ0) is 35.8. The molecule has 0 spiro atoms. The van der Waals surface area contributed by atoms with Crippen LogP contribution in [0.1, 0.15) is 79.0 Å². The molecule has 0 saturated carbocycles. The van der Waals surface area contributed by atoms with Crippen LogP contribution in [-0.2, 0) is 37.3 Å². The van der Waals surface area contributed by atoms with Crippen molar-refractivity contribution in [2.24, 2.45) is 0 Å². The zero-order valence-corrected chi connectivity index (χ0v) is 33.4. The second kappa shape index (κ2) is 14.6. The Balaban J connectivity index is 0.00000504. The molecule has 0 radical (unpaired) electrons. The Hall–Kier alpha value is -4.53. The van der Waals surface area contributed by atoms with Gasteiger partial charge < -0.3 is 10.0 Å². The predicted octanol–water partition coefficient (Wildman–Crippen LogP) is 12.3. The van der Waals surface area contributed by atoms with Gasteiger partial charge in [-0.15, -0.1) is 29.8 Å². The van der Waals surface area contributed by atoms with Crippen molar-refractivity contribution >= 4 is 17.2 Å². The van der Waals surface area contributed by atoms with E-state index in [1.54, 1.807) is 0 Å². The SMILES string of the molecule is CC(C)(C)c1ccc(N(c2[c-]c(-c3cccc(-c4ccccc4)c3O)ccc2)c2cccc(-c3ncc(C(C)(C)C)cc3C(C)(C)C)n2)cc1.[Pt]. The average molecular weight is 854 g/mol. The van der Waals surface area contributed by atoms with Crippen LogP contribution in [0.2, 0.25) is 0 Å². The number of anilines is 3. The number of benzene rings is 4. The van der Waals surface area contributed by atoms with Gasteiger partial charge in [0.15, 0.2) is 0 Å². The second-order valence-corrected chi connectivity index (χ2v) is 16.2. The summed E-state index contributed by atoms with van der Waals surface area (Å²) in [6.45, 7) is 20.0. The molecule has 0 saturated heterocycles. The summed E-state index contributed by atoms with van der Waals surface area (Å²) in [6, 6.07) is 42.7. The van der Waals surface area contributed by atoms with E-state index < -0.39 is 0 Å². The Morgan fingerprint density at radius 2 is 1.24 bits per heavy atom. The fourth-order valence-corrected chi connectivity index (χ4v) is 6.19. The first-order valence-electron chi connectivity index (χ1n) is 17.4. The zero-order valence-electron chi connectivity index (χ0n) is 31.2. The molecule has 0 aliphatic carbocycles. The summed E-state index contributed by atoms with van der Waals surface area (Å²) in [5.74, 6) is 0.982. The summed E-state index contributed by atoms with van der Waals surface area (Å²) < 4.78 is 0. The van der Waals surface area contributed by atoms with Gasteiger partial charge in [0, 0.05) is 38.5 Å². The van der Waals surface area contributed by atoms with Gasteiger partial charge in [0.1, 0.15) is 5.82 Å². The van der Waals surface area contributed by atoms with Gasteiger partial charge in [0.25, 0.3) is 0 Å². The van der Waals surface area contributed by atoms with Crippen LogP contribution in [-0.4, -0.2) is 15.1 Å². The number of aromatic hydroxyl groups is 1. The fraction of sp³-hybridized carbons (Fsp3) is 0.261. The van der Waals surface area contributed by atoms with Crippen LogP contribution in [0.5, 0.6) is 5.75 Å². The van der Waals surface area contributed by atoms with Gasteiger partial charge >= 0.3 is 0 Å². The second-order valence-electron chi connectivity index (χ2n) is 16.2. The largest absolute Gasteiger partial charge is 0.516 e. The molecule has 0 aliphatic heterocycles. The maximum Gasteiger partial charge on any atom is 0.136 e. The van der Waals surface area contributed by atoms with Crippen molar-refractivity contribution in [3.8, 4) is 39.4 Å². The molecule has 4 nitrogen and oxygen atoms in total. The van der Waals surface area contributed by atoms with Crippen molar-refractivity contribution in [1.82, 2.24) is 9.97 Å². The molecule has 6 rings (SSSR count). The van der Waals surface area contributed by atoms with Crippen LogP contribution in [0.3, 0.4) is 0 Å². The van der Waals surface area contributed by atoms with Crippen LogP contribution < -0.4 is 4.90 Å². The summed E-state index contributed by atoms with van der Waals surface area (Å²) in [6.07, 6.45) is 2.00. The van der Waals surface area contributed by atoms with E-state index in [0.29, 0.717) is 0 Å². The first-order valence-corrected chi connectivity index (χ1v) is 17.4. The molecule has 2 aromatic heterocycles. The van der Waals surface area contributed by atoms with Crippen molar-refractivity contribution in [1.29, 1.82) is 0 Å². The molecule has 0 atom stereocenters. The van der Waals surface area contributed by atoms with E-state index in [0.717, 1.165) is 56.4 Å². The molecule has 2 heterocycles. The van der Waals surface area contributed by atoms with Gasteiger partial charge in [-0.2, -0.15) is 0 Å². The first-order chi connectivity index (χ1) is 23.6. The quantitative estimate of drug-likeness (QED) is 0.170. The van der Waals surface area contributed by atoms with E-state index in [1.807, 2.05) is 85.1 Å². The Kier molecular flexibility index (Phi) is 10.8. The molecule has 0 amide bonds. The summed E-state index contributed by atoms with van der Waals surface area (Å²) in [5, 5.41) is 11.5. The molecule has 0 aliphatic rings. The molecule has 0 bridgehead atoms. The van der Waals surface area contributed by atoms with Gasteiger partial charge in [-0.25, -0.2) is 4.98 Å².